The van der Waals surface area contributed by atoms with E-state index in [4.69, 9.17) is 53.2 Å². The number of carboxylic acids is 1. The van der Waals surface area contributed by atoms with Crippen LogP contribution in [0.1, 0.15) is 94.9 Å². The number of cyclic esters (lactones) is 1. The molecule has 0 aromatic heterocycles. The molecule has 0 aromatic carbocycles. The predicted octanol–water partition coefficient (Wildman–Crippen LogP) is -6.36. The van der Waals surface area contributed by atoms with Crippen LogP contribution in [0.4, 0.5) is 0 Å². The monoisotopic (exact) mass is 1150 g/mol. The van der Waals surface area contributed by atoms with E-state index in [0.717, 1.165) is 0 Å². The number of likely N-dealkylation sites (N-methyl/N-ethyl adjacent to an activating group) is 1. The molecule has 27 atom stereocenters. The lowest BCUT2D eigenvalue weighted by Crippen LogP contribution is -2.61. The number of nitrogens with zero attached hydrogens (tertiary/aromatic N) is 1. The van der Waals surface area contributed by atoms with Gasteiger partial charge in [0, 0.05) is 37.3 Å². The highest BCUT2D eigenvalue weighted by Gasteiger charge is 2.54. The van der Waals surface area contributed by atoms with Crippen molar-refractivity contribution in [3.05, 3.63) is 0 Å². The SMILES string of the molecule is CC[C@H]1OC(=O)[C@@H](C)[C@H](O[C@@H]2C[C@@](C)(OC)[C@@H](O)[C@H](C)O2)[C@H](C)[C@@H](O[C@@H]2O[C@H](C)C[C@H](N(C)C)[C@H]2O)[C@@](C)(O)C[C@@H](C)C(=O)[C@H](C)[C@@H](O)[C@]1(C)O.O.O.O.O=C(O)C(O)C(O)C(O[C@H]1O[C@H](CO)[C@H](O)[C@H](O)C1O)C(O)CO. The fourth-order valence-electron chi connectivity index (χ4n) is 10.6. The van der Waals surface area contributed by atoms with E-state index in [9.17, 15) is 70.6 Å². The summed E-state index contributed by atoms with van der Waals surface area (Å²) in [6.07, 6.45) is -26.6. The van der Waals surface area contributed by atoms with Crippen LogP contribution in [0, 0.1) is 23.7 Å². The molecule has 4 aliphatic heterocycles. The number of hydrogen-bond acceptors (Lipinski definition) is 25. The topological polar surface area (TPSA) is 506 Å². The Morgan fingerprint density at radius 1 is 0.782 bits per heavy atom. The normalized spacial score (nSPS) is 43.6. The summed E-state index contributed by atoms with van der Waals surface area (Å²) in [5.74, 6) is -6.81. The van der Waals surface area contributed by atoms with Crippen molar-refractivity contribution in [1.82, 2.24) is 4.90 Å². The first-order valence-corrected chi connectivity index (χ1v) is 25.5. The molecule has 4 heterocycles. The highest BCUT2D eigenvalue weighted by molar-refractivity contribution is 5.83. The zero-order valence-electron chi connectivity index (χ0n) is 46.8. The summed E-state index contributed by atoms with van der Waals surface area (Å²) in [5, 5.41) is 142. The molecule has 29 heteroatoms. The fourth-order valence-corrected chi connectivity index (χ4v) is 10.6. The number of aliphatic carboxylic acids is 1. The van der Waals surface area contributed by atoms with E-state index in [-0.39, 0.29) is 47.8 Å². The van der Waals surface area contributed by atoms with Crippen LogP contribution in [0.15, 0.2) is 0 Å². The zero-order chi connectivity index (χ0) is 57.6. The highest BCUT2D eigenvalue weighted by Crippen LogP contribution is 2.41. The van der Waals surface area contributed by atoms with Crippen molar-refractivity contribution in [2.75, 3.05) is 34.4 Å². The molecule has 5 unspecified atom stereocenters. The van der Waals surface area contributed by atoms with Crippen LogP contribution >= 0.6 is 0 Å². The molecule has 4 saturated heterocycles. The number of ketones is 1. The number of aliphatic hydroxyl groups is 13. The number of hydrogen-bond donors (Lipinski definition) is 14. The van der Waals surface area contributed by atoms with Gasteiger partial charge in [0.25, 0.3) is 0 Å². The van der Waals surface area contributed by atoms with Crippen LogP contribution in [0.3, 0.4) is 0 Å². The molecule has 0 radical (unpaired) electrons. The summed E-state index contributed by atoms with van der Waals surface area (Å²) in [5.41, 5.74) is -4.84. The minimum Gasteiger partial charge on any atom is -0.479 e. The standard InChI is InChI=1S/C37H67NO13.C12H22O12.3H2O/c1-14-25-37(10,45)30(41)20(4)27(39)18(2)16-35(8,44)32(51-34-28(40)24(38(11)12)15-19(3)47-34)21(5)29(22(6)33(43)49-25)50-26-17-36(9,46-13)31(42)23(7)48-26;13-1-3(15)10(7(18)8(19)11(21)22)24-12-9(20)6(17)5(16)4(2-14)23-12;;;/h18-26,28-32,34,40-42,44-45H,14-17H2,1-13H3;3-10,12-20H,1-2H2,(H,21,22);3*1H2/t18-,19-,20+,21+,22+,23+,24+,25-,26-,28-,29-,30-,31+,32-,34+,35+,36-,37-;3?,4-,5+,6+,7?,8?,9?,10?,12-;;;/m11.../s1. The van der Waals surface area contributed by atoms with Gasteiger partial charge in [-0.1, -0.05) is 27.7 Å². The predicted molar refractivity (Wildman–Crippen MR) is 268 cm³/mol. The van der Waals surface area contributed by atoms with Gasteiger partial charge in [0.2, 0.25) is 0 Å². The smallest absolute Gasteiger partial charge is 0.335 e. The number of carbonyl (C=O) groups excluding carboxylic acids is 2. The van der Waals surface area contributed by atoms with Crippen LogP contribution in [0.25, 0.3) is 0 Å². The van der Waals surface area contributed by atoms with Gasteiger partial charge in [-0.3, -0.25) is 9.59 Å². The largest absolute Gasteiger partial charge is 0.479 e. The first-order valence-electron chi connectivity index (χ1n) is 25.5. The van der Waals surface area contributed by atoms with E-state index in [1.54, 1.807) is 41.5 Å². The van der Waals surface area contributed by atoms with Gasteiger partial charge in [-0.05, 0) is 74.9 Å². The first-order chi connectivity index (χ1) is 34.6. The Hall–Kier alpha value is -2.35. The molecule has 4 fully saturated rings. The number of Topliss-reactive ketones (excluding diaryl/α,β-unsaturated/α-hetero) is 1. The van der Waals surface area contributed by atoms with E-state index in [1.807, 2.05) is 25.9 Å². The summed E-state index contributed by atoms with van der Waals surface area (Å²) in [6, 6.07) is -0.324. The number of carbonyl (C=O) groups is 3. The van der Waals surface area contributed by atoms with Crippen molar-refractivity contribution in [3.63, 3.8) is 0 Å². The quantitative estimate of drug-likeness (QED) is 0.0678. The minimum atomic E-state index is -2.39. The van der Waals surface area contributed by atoms with Crippen molar-refractivity contribution in [3.8, 4) is 0 Å². The lowest BCUT2D eigenvalue weighted by molar-refractivity contribution is -0.326. The van der Waals surface area contributed by atoms with Crippen LogP contribution in [0.5, 0.6) is 0 Å². The van der Waals surface area contributed by atoms with E-state index in [1.165, 1.54) is 27.9 Å². The summed E-state index contributed by atoms with van der Waals surface area (Å²) < 4.78 is 47.0. The molecule has 0 amide bonds. The third-order valence-electron chi connectivity index (χ3n) is 15.4. The van der Waals surface area contributed by atoms with E-state index >= 15 is 0 Å². The van der Waals surface area contributed by atoms with Crippen molar-refractivity contribution in [2.45, 2.75) is 234 Å². The van der Waals surface area contributed by atoms with Gasteiger partial charge in [-0.2, -0.15) is 0 Å². The lowest BCUT2D eigenvalue weighted by atomic mass is 9.74. The van der Waals surface area contributed by atoms with Gasteiger partial charge < -0.3 is 131 Å². The Kier molecular flexibility index (Phi) is 30.4. The molecule has 0 saturated carbocycles. The van der Waals surface area contributed by atoms with Crippen LogP contribution in [0.2, 0.25) is 0 Å². The zero-order valence-corrected chi connectivity index (χ0v) is 46.8. The maximum atomic E-state index is 14.1. The Labute approximate surface area is 454 Å². The number of rotatable bonds is 15. The lowest BCUT2D eigenvalue weighted by Gasteiger charge is -2.49. The number of carboxylic acid groups (broad SMARTS) is 1. The van der Waals surface area contributed by atoms with Gasteiger partial charge in [0.1, 0.15) is 72.4 Å². The summed E-state index contributed by atoms with van der Waals surface area (Å²) >= 11 is 0. The van der Waals surface area contributed by atoms with Gasteiger partial charge in [0.05, 0.1) is 60.9 Å². The Morgan fingerprint density at radius 2 is 1.36 bits per heavy atom. The Morgan fingerprint density at radius 3 is 1.86 bits per heavy atom. The second-order valence-corrected chi connectivity index (χ2v) is 21.8. The molecule has 78 heavy (non-hydrogen) atoms. The molecule has 29 nitrogen and oxygen atoms in total. The average Bonchev–Trinajstić information content (AvgIpc) is 3.35. The average molecular weight is 1150 g/mol. The van der Waals surface area contributed by atoms with E-state index in [2.05, 4.69) is 0 Å². The second-order valence-electron chi connectivity index (χ2n) is 21.8. The molecule has 0 aliphatic carbocycles. The summed E-state index contributed by atoms with van der Waals surface area (Å²) in [6.45, 7) is 14.6. The second kappa shape index (κ2) is 31.3. The molecule has 0 aromatic rings. The van der Waals surface area contributed by atoms with Gasteiger partial charge in [-0.25, -0.2) is 4.79 Å². The molecule has 464 valence electrons. The number of methoxy groups -OCH3 is 1. The third-order valence-corrected chi connectivity index (χ3v) is 15.4. The molecular weight excluding hydrogens is 1050 g/mol. The fraction of sp³-hybridized carbons (Fsp3) is 0.939. The van der Waals surface area contributed by atoms with Crippen LogP contribution in [-0.2, 0) is 52.3 Å². The van der Waals surface area contributed by atoms with Gasteiger partial charge >= 0.3 is 11.9 Å². The summed E-state index contributed by atoms with van der Waals surface area (Å²) in [7, 11) is 5.18. The van der Waals surface area contributed by atoms with Crippen molar-refractivity contribution in [2.24, 2.45) is 23.7 Å². The first kappa shape index (κ1) is 75.7. The van der Waals surface area contributed by atoms with Crippen LogP contribution < -0.4 is 0 Å². The Balaban J connectivity index is 0.00000185. The van der Waals surface area contributed by atoms with Crippen molar-refractivity contribution < 1.29 is 140 Å². The van der Waals surface area contributed by atoms with Crippen LogP contribution in [-0.4, -0.2) is 284 Å². The highest BCUT2D eigenvalue weighted by atomic mass is 16.7. The van der Waals surface area contributed by atoms with E-state index in [0.29, 0.717) is 6.42 Å². The van der Waals surface area contributed by atoms with Crippen molar-refractivity contribution >= 4 is 17.7 Å². The molecule has 20 N–H and O–H groups in total. The molecule has 4 rings (SSSR count). The third kappa shape index (κ3) is 17.6. The molecule has 0 bridgehead atoms. The van der Waals surface area contributed by atoms with E-state index < -0.39 is 182 Å². The molecular formula is C49H95NO28. The number of aliphatic hydroxyl groups excluding tert-OH is 11. The minimum absolute atomic E-state index is 0. The van der Waals surface area contributed by atoms with Gasteiger partial charge in [0.15, 0.2) is 25.0 Å². The maximum Gasteiger partial charge on any atom is 0.335 e. The Bertz CT molecular complexity index is 1800. The maximum absolute atomic E-state index is 14.1. The number of esters is 1. The molecule has 4 aliphatic rings. The summed E-state index contributed by atoms with van der Waals surface area (Å²) in [4.78, 5) is 40.5. The van der Waals surface area contributed by atoms with Crippen molar-refractivity contribution in [1.29, 1.82) is 0 Å². The molecule has 0 spiro atoms. The number of ether oxygens (including phenoxy) is 8. The van der Waals surface area contributed by atoms with Gasteiger partial charge in [-0.15, -0.1) is 0 Å².